The first-order chi connectivity index (χ1) is 16.2. The number of rotatable bonds is 7. The molecule has 11 heteroatoms. The van der Waals surface area contributed by atoms with Crippen LogP contribution in [0.3, 0.4) is 0 Å². The fourth-order valence-corrected chi connectivity index (χ4v) is 5.87. The maximum atomic E-state index is 13.3. The lowest BCUT2D eigenvalue weighted by Crippen LogP contribution is -2.29. The third-order valence-corrected chi connectivity index (χ3v) is 7.78. The number of aromatic nitrogens is 2. The van der Waals surface area contributed by atoms with E-state index >= 15 is 0 Å². The second-order valence-corrected chi connectivity index (χ2v) is 10.6. The van der Waals surface area contributed by atoms with Crippen molar-refractivity contribution >= 4 is 26.9 Å². The molecule has 0 aliphatic carbocycles. The summed E-state index contributed by atoms with van der Waals surface area (Å²) in [5.41, 5.74) is 1.10. The van der Waals surface area contributed by atoms with Crippen LogP contribution in [0.2, 0.25) is 0 Å². The van der Waals surface area contributed by atoms with Crippen LogP contribution in [0.5, 0.6) is 17.2 Å². The van der Waals surface area contributed by atoms with E-state index < -0.39 is 16.0 Å². The SMILES string of the molecule is CC(C)Oc1ccc(S(=O)(=O)N2CC[C@@H](n3nc(CC(=O)O)c4cc5c(cc43)OCO5)C2)cc1. The second-order valence-electron chi connectivity index (χ2n) is 8.63. The standard InChI is InChI=1S/C23H25N3O7S/c1-14(2)33-16-3-5-17(6-4-16)34(29,30)25-8-7-15(12-25)26-20-11-22-21(31-13-32-22)9-18(20)19(24-26)10-23(27)28/h3-6,9,11,14-15H,7-8,10,12-13H2,1-2H3,(H,27,28)/t15-/m1/s1. The summed E-state index contributed by atoms with van der Waals surface area (Å²) in [6.45, 7) is 4.47. The lowest BCUT2D eigenvalue weighted by atomic mass is 10.1. The van der Waals surface area contributed by atoms with Gasteiger partial charge in [0.05, 0.1) is 34.7 Å². The van der Waals surface area contributed by atoms with Crippen molar-refractivity contribution in [2.24, 2.45) is 0 Å². The summed E-state index contributed by atoms with van der Waals surface area (Å²) >= 11 is 0. The van der Waals surface area contributed by atoms with Gasteiger partial charge in [0.2, 0.25) is 16.8 Å². The lowest BCUT2D eigenvalue weighted by Gasteiger charge is -2.18. The van der Waals surface area contributed by atoms with Gasteiger partial charge in [0.1, 0.15) is 5.75 Å². The number of nitrogens with zero attached hydrogens (tertiary/aromatic N) is 3. The molecule has 2 aromatic carbocycles. The van der Waals surface area contributed by atoms with Gasteiger partial charge in [-0.25, -0.2) is 8.42 Å². The number of aliphatic carboxylic acids is 1. The molecular formula is C23H25N3O7S. The van der Waals surface area contributed by atoms with Gasteiger partial charge < -0.3 is 19.3 Å². The summed E-state index contributed by atoms with van der Waals surface area (Å²) in [7, 11) is -3.70. The summed E-state index contributed by atoms with van der Waals surface area (Å²) in [5, 5.41) is 14.6. The van der Waals surface area contributed by atoms with Gasteiger partial charge in [0.15, 0.2) is 11.5 Å². The Bertz CT molecular complexity index is 1350. The van der Waals surface area contributed by atoms with Crippen molar-refractivity contribution in [3.63, 3.8) is 0 Å². The molecule has 0 bridgehead atoms. The van der Waals surface area contributed by atoms with Gasteiger partial charge >= 0.3 is 5.97 Å². The van der Waals surface area contributed by atoms with Crippen LogP contribution in [0.25, 0.3) is 10.9 Å². The number of benzene rings is 2. The number of fused-ring (bicyclic) bond motifs is 2. The molecule has 0 radical (unpaired) electrons. The van der Waals surface area contributed by atoms with E-state index in [1.807, 2.05) is 13.8 Å². The predicted molar refractivity (Wildman–Crippen MR) is 122 cm³/mol. The molecule has 0 spiro atoms. The molecule has 1 fully saturated rings. The van der Waals surface area contributed by atoms with Gasteiger partial charge in [-0.1, -0.05) is 0 Å². The van der Waals surface area contributed by atoms with Crippen LogP contribution in [0, 0.1) is 0 Å². The first-order valence-electron chi connectivity index (χ1n) is 11.0. The summed E-state index contributed by atoms with van der Waals surface area (Å²) in [6.07, 6.45) is 0.295. The minimum atomic E-state index is -3.70. The Balaban J connectivity index is 1.43. The summed E-state index contributed by atoms with van der Waals surface area (Å²) in [4.78, 5) is 11.6. The number of carbonyl (C=O) groups is 1. The first-order valence-corrected chi connectivity index (χ1v) is 12.5. The fourth-order valence-electron chi connectivity index (χ4n) is 4.38. The number of hydrogen-bond acceptors (Lipinski definition) is 7. The van der Waals surface area contributed by atoms with Crippen molar-refractivity contribution in [3.8, 4) is 17.2 Å². The zero-order chi connectivity index (χ0) is 24.0. The molecule has 1 aromatic heterocycles. The fraction of sp³-hybridized carbons (Fsp3) is 0.391. The van der Waals surface area contributed by atoms with E-state index in [0.717, 1.165) is 0 Å². The smallest absolute Gasteiger partial charge is 0.309 e. The second kappa shape index (κ2) is 8.48. The number of carboxylic acid groups (broad SMARTS) is 1. The largest absolute Gasteiger partial charge is 0.491 e. The Labute approximate surface area is 196 Å². The number of ether oxygens (including phenoxy) is 3. The van der Waals surface area contributed by atoms with E-state index in [1.165, 1.54) is 4.31 Å². The Morgan fingerprint density at radius 1 is 1.21 bits per heavy atom. The molecule has 0 amide bonds. The molecule has 0 unspecified atom stereocenters. The number of sulfonamides is 1. The van der Waals surface area contributed by atoms with Crippen LogP contribution in [0.1, 0.15) is 32.0 Å². The zero-order valence-electron chi connectivity index (χ0n) is 18.8. The van der Waals surface area contributed by atoms with Gasteiger partial charge in [-0.05, 0) is 50.6 Å². The average Bonchev–Trinajstić information content (AvgIpc) is 3.51. The Hall–Kier alpha value is -3.31. The van der Waals surface area contributed by atoms with Crippen molar-refractivity contribution in [1.29, 1.82) is 0 Å². The Morgan fingerprint density at radius 2 is 1.91 bits per heavy atom. The maximum absolute atomic E-state index is 13.3. The van der Waals surface area contributed by atoms with E-state index in [2.05, 4.69) is 5.10 Å². The minimum absolute atomic E-state index is 0.00472. The van der Waals surface area contributed by atoms with Crippen LogP contribution in [-0.4, -0.2) is 59.6 Å². The molecule has 34 heavy (non-hydrogen) atoms. The molecule has 10 nitrogen and oxygen atoms in total. The van der Waals surface area contributed by atoms with E-state index in [0.29, 0.717) is 46.8 Å². The highest BCUT2D eigenvalue weighted by Crippen LogP contribution is 2.39. The zero-order valence-corrected chi connectivity index (χ0v) is 19.6. The highest BCUT2D eigenvalue weighted by molar-refractivity contribution is 7.89. The van der Waals surface area contributed by atoms with Gasteiger partial charge in [0, 0.05) is 24.5 Å². The first kappa shape index (κ1) is 22.5. The molecule has 1 saturated heterocycles. The van der Waals surface area contributed by atoms with E-state index in [9.17, 15) is 18.3 Å². The van der Waals surface area contributed by atoms with Gasteiger partial charge in [-0.15, -0.1) is 0 Å². The van der Waals surface area contributed by atoms with Crippen LogP contribution in [-0.2, 0) is 21.2 Å². The lowest BCUT2D eigenvalue weighted by molar-refractivity contribution is -0.136. The normalized spacial score (nSPS) is 18.1. The topological polar surface area (TPSA) is 120 Å². The van der Waals surface area contributed by atoms with Crippen molar-refractivity contribution in [3.05, 3.63) is 42.1 Å². The third kappa shape index (κ3) is 4.05. The van der Waals surface area contributed by atoms with Crippen LogP contribution < -0.4 is 14.2 Å². The molecule has 5 rings (SSSR count). The highest BCUT2D eigenvalue weighted by Gasteiger charge is 2.35. The molecule has 1 N–H and O–H groups in total. The Morgan fingerprint density at radius 3 is 2.59 bits per heavy atom. The highest BCUT2D eigenvalue weighted by atomic mass is 32.2. The number of hydrogen-bond donors (Lipinski definition) is 1. The van der Waals surface area contributed by atoms with Crippen molar-refractivity contribution in [2.45, 2.75) is 43.7 Å². The van der Waals surface area contributed by atoms with Gasteiger partial charge in [0.25, 0.3) is 0 Å². The van der Waals surface area contributed by atoms with Crippen LogP contribution >= 0.6 is 0 Å². The van der Waals surface area contributed by atoms with E-state index in [-0.39, 0.29) is 36.8 Å². The Kier molecular flexibility index (Phi) is 5.61. The molecular weight excluding hydrogens is 462 g/mol. The van der Waals surface area contributed by atoms with E-state index in [4.69, 9.17) is 14.2 Å². The predicted octanol–water partition coefficient (Wildman–Crippen LogP) is 2.82. The monoisotopic (exact) mass is 487 g/mol. The van der Waals surface area contributed by atoms with Crippen molar-refractivity contribution in [1.82, 2.24) is 14.1 Å². The van der Waals surface area contributed by atoms with Gasteiger partial charge in [-0.3, -0.25) is 9.48 Å². The summed E-state index contributed by atoms with van der Waals surface area (Å²) < 4.78 is 46.2. The quantitative estimate of drug-likeness (QED) is 0.540. The number of carboxylic acids is 1. The molecule has 2 aliphatic heterocycles. The van der Waals surface area contributed by atoms with Crippen molar-refractivity contribution < 1.29 is 32.5 Å². The third-order valence-electron chi connectivity index (χ3n) is 5.90. The maximum Gasteiger partial charge on any atom is 0.309 e. The van der Waals surface area contributed by atoms with Crippen molar-refractivity contribution in [2.75, 3.05) is 19.9 Å². The summed E-state index contributed by atoms with van der Waals surface area (Å²) in [6, 6.07) is 9.68. The van der Waals surface area contributed by atoms with Crippen LogP contribution in [0.4, 0.5) is 0 Å². The average molecular weight is 488 g/mol. The van der Waals surface area contributed by atoms with Gasteiger partial charge in [-0.2, -0.15) is 9.40 Å². The molecule has 2 aliphatic rings. The molecule has 180 valence electrons. The van der Waals surface area contributed by atoms with Crippen LogP contribution in [0.15, 0.2) is 41.3 Å². The molecule has 1 atom stereocenters. The summed E-state index contributed by atoms with van der Waals surface area (Å²) in [5.74, 6) is 0.714. The minimum Gasteiger partial charge on any atom is -0.491 e. The molecule has 3 aromatic rings. The molecule has 3 heterocycles. The molecule has 0 saturated carbocycles. The van der Waals surface area contributed by atoms with E-state index in [1.54, 1.807) is 41.1 Å².